The van der Waals surface area contributed by atoms with Crippen molar-refractivity contribution in [1.82, 2.24) is 0 Å². The van der Waals surface area contributed by atoms with E-state index < -0.39 is 0 Å². The van der Waals surface area contributed by atoms with Gasteiger partial charge in [-0.3, -0.25) is 0 Å². The first-order valence-electron chi connectivity index (χ1n) is 19.1. The van der Waals surface area contributed by atoms with E-state index in [0.29, 0.717) is 0 Å². The smallest absolute Gasteiger partial charge is 0.174 e. The third kappa shape index (κ3) is 5.29. The van der Waals surface area contributed by atoms with E-state index >= 15 is 0 Å². The number of rotatable bonds is 0. The van der Waals surface area contributed by atoms with Crippen molar-refractivity contribution in [1.29, 1.82) is 0 Å². The molecule has 19 aliphatic rings. The quantitative estimate of drug-likeness (QED) is 0.145. The third-order valence-corrected chi connectivity index (χ3v) is 12.0. The summed E-state index contributed by atoms with van der Waals surface area (Å²) in [6, 6.07) is 50.2. The number of aromatic nitrogens is 4. The van der Waals surface area contributed by atoms with E-state index in [1.54, 1.807) is 0 Å². The molecule has 16 aliphatic heterocycles. The van der Waals surface area contributed by atoms with Gasteiger partial charge in [0.05, 0.1) is 0 Å². The van der Waals surface area contributed by atoms with Gasteiger partial charge in [0.1, 0.15) is 0 Å². The van der Waals surface area contributed by atoms with Crippen molar-refractivity contribution in [3.8, 4) is 22.3 Å². The maximum Gasteiger partial charge on any atom is 0.174 e. The highest BCUT2D eigenvalue weighted by Crippen LogP contribution is 2.57. The largest absolute Gasteiger partial charge is 0.201 e. The van der Waals surface area contributed by atoms with Crippen molar-refractivity contribution in [3.63, 3.8) is 0 Å². The van der Waals surface area contributed by atoms with Gasteiger partial charge in [0.15, 0.2) is 75.8 Å². The van der Waals surface area contributed by atoms with Gasteiger partial charge in [-0.05, 0) is 55.6 Å². The number of pyridine rings is 4. The van der Waals surface area contributed by atoms with Crippen molar-refractivity contribution in [2.45, 2.75) is 38.0 Å². The highest BCUT2D eigenvalue weighted by Gasteiger charge is 2.44. The SMILES string of the molecule is c1ccc2c(c1)C1c3ccccc3C2c2c3ccc(c21)C[n+]1ccc(cc1)-c1cc[n+](cc1)Cc1ccc(cc1)C[n+]1ccc(cc1)-c1cc[n+](cc1)C3. The second-order valence-electron chi connectivity index (χ2n) is 15.2. The molecule has 4 aromatic heterocycles. The molecule has 0 radical (unpaired) electrons. The summed E-state index contributed by atoms with van der Waals surface area (Å²) in [6.45, 7) is 3.33. The van der Waals surface area contributed by atoms with Crippen LogP contribution in [0.5, 0.6) is 0 Å². The van der Waals surface area contributed by atoms with E-state index in [0.717, 1.165) is 26.2 Å². The Bertz CT molecular complexity index is 2440. The molecule has 27 rings (SSSR count). The fourth-order valence-electron chi connectivity index (χ4n) is 9.30. The van der Waals surface area contributed by atoms with E-state index in [4.69, 9.17) is 0 Å². The van der Waals surface area contributed by atoms with Gasteiger partial charge in [-0.15, -0.1) is 0 Å². The van der Waals surface area contributed by atoms with Crippen LogP contribution in [0.25, 0.3) is 22.3 Å². The molecule has 54 heavy (non-hydrogen) atoms. The summed E-state index contributed by atoms with van der Waals surface area (Å²) in [5, 5.41) is 0. The van der Waals surface area contributed by atoms with Crippen molar-refractivity contribution in [3.05, 3.63) is 239 Å². The van der Waals surface area contributed by atoms with Gasteiger partial charge in [-0.25, -0.2) is 18.3 Å². The number of hydrogen-bond donors (Lipinski definition) is 0. The summed E-state index contributed by atoms with van der Waals surface area (Å²) in [5.41, 5.74) is 19.1. The summed E-state index contributed by atoms with van der Waals surface area (Å²) < 4.78 is 9.20. The first-order valence-corrected chi connectivity index (χ1v) is 19.1. The van der Waals surface area contributed by atoms with Crippen LogP contribution in [0.15, 0.2) is 183 Å². The molecule has 0 N–H and O–H groups in total. The average molecular weight is 697 g/mol. The zero-order valence-electron chi connectivity index (χ0n) is 30.1. The highest BCUT2D eigenvalue weighted by atomic mass is 14.9. The predicted molar refractivity (Wildman–Crippen MR) is 209 cm³/mol. The van der Waals surface area contributed by atoms with Gasteiger partial charge < -0.3 is 0 Å². The van der Waals surface area contributed by atoms with E-state index in [2.05, 4.69) is 201 Å². The molecule has 0 fully saturated rings. The van der Waals surface area contributed by atoms with E-state index in [-0.39, 0.29) is 11.8 Å². The Kier molecular flexibility index (Phi) is 7.22. The molecule has 14 bridgehead atoms. The van der Waals surface area contributed by atoms with Gasteiger partial charge in [-0.2, -0.15) is 0 Å². The van der Waals surface area contributed by atoms with Gasteiger partial charge in [-0.1, -0.05) is 84.9 Å². The molecule has 256 valence electrons. The van der Waals surface area contributed by atoms with Crippen LogP contribution in [0.1, 0.15) is 67.5 Å². The van der Waals surface area contributed by atoms with Gasteiger partial charge in [0, 0.05) is 82.6 Å². The Labute approximate surface area is 316 Å². The Morgan fingerprint density at radius 3 is 0.870 bits per heavy atom. The predicted octanol–water partition coefficient (Wildman–Crippen LogP) is 7.66. The molecule has 20 heterocycles. The first-order chi connectivity index (χ1) is 26.7. The summed E-state index contributed by atoms with van der Waals surface area (Å²) in [7, 11) is 0. The van der Waals surface area contributed by atoms with Crippen LogP contribution in [0.3, 0.4) is 0 Å². The second kappa shape index (κ2) is 12.6. The normalized spacial score (nSPS) is 16.2. The molecular formula is C50H40N4+4. The Morgan fingerprint density at radius 1 is 0.296 bits per heavy atom. The lowest BCUT2D eigenvalue weighted by Crippen LogP contribution is -2.38. The molecule has 3 aliphatic carbocycles. The van der Waals surface area contributed by atoms with Crippen molar-refractivity contribution < 1.29 is 18.3 Å². The standard InChI is InChI=1S/C50H40N4/c1-2-6-44-43(5-1)49-45-7-3-4-8-46(45)50(44)48-42-14-13-41(47(48)49)33-53-27-19-39(20-28-53)37-15-23-51(24-16-37)31-35-9-11-36(12-10-35)32-52-25-17-38(18-26-52)40-21-29-54(34-42)30-22-40/h1-30,49-50H,31-34H2/q+4. The van der Waals surface area contributed by atoms with E-state index in [1.807, 2.05) is 0 Å². The Hall–Kier alpha value is -6.52. The zero-order valence-corrected chi connectivity index (χ0v) is 30.1. The zero-order chi connectivity index (χ0) is 35.6. The van der Waals surface area contributed by atoms with Crippen LogP contribution in [0.4, 0.5) is 0 Å². The summed E-state index contributed by atoms with van der Waals surface area (Å²) in [5.74, 6) is 0.434. The molecule has 8 aromatic rings. The maximum absolute atomic E-state index is 2.41. The van der Waals surface area contributed by atoms with Gasteiger partial charge in [0.25, 0.3) is 0 Å². The molecule has 0 amide bonds. The van der Waals surface area contributed by atoms with Crippen LogP contribution >= 0.6 is 0 Å². The van der Waals surface area contributed by atoms with Crippen LogP contribution in [0.2, 0.25) is 0 Å². The molecule has 0 atom stereocenters. The van der Waals surface area contributed by atoms with E-state index in [1.165, 1.54) is 77.9 Å². The van der Waals surface area contributed by atoms with Gasteiger partial charge >= 0.3 is 0 Å². The minimum atomic E-state index is 0.217. The molecule has 4 aromatic carbocycles. The fourth-order valence-corrected chi connectivity index (χ4v) is 9.30. The summed E-state index contributed by atoms with van der Waals surface area (Å²) >= 11 is 0. The highest BCUT2D eigenvalue weighted by molar-refractivity contribution is 5.70. The Balaban J connectivity index is 1.03. The lowest BCUT2D eigenvalue weighted by Gasteiger charge is -2.43. The van der Waals surface area contributed by atoms with E-state index in [9.17, 15) is 0 Å². The van der Waals surface area contributed by atoms with Crippen LogP contribution in [-0.2, 0) is 26.2 Å². The van der Waals surface area contributed by atoms with Crippen molar-refractivity contribution in [2.75, 3.05) is 0 Å². The Morgan fingerprint density at radius 2 is 0.574 bits per heavy atom. The van der Waals surface area contributed by atoms with Crippen LogP contribution < -0.4 is 18.3 Å². The monoisotopic (exact) mass is 696 g/mol. The topological polar surface area (TPSA) is 15.5 Å². The first kappa shape index (κ1) is 31.0. The minimum absolute atomic E-state index is 0.217. The van der Waals surface area contributed by atoms with Crippen molar-refractivity contribution >= 4 is 0 Å². The van der Waals surface area contributed by atoms with Crippen LogP contribution in [0, 0.1) is 0 Å². The number of benzene rings is 4. The number of hydrogen-bond acceptors (Lipinski definition) is 0. The van der Waals surface area contributed by atoms with Crippen molar-refractivity contribution in [2.24, 2.45) is 0 Å². The average Bonchev–Trinajstić information content (AvgIpc) is 3.23. The molecule has 0 saturated carbocycles. The minimum Gasteiger partial charge on any atom is -0.201 e. The molecule has 0 spiro atoms. The summed E-state index contributed by atoms with van der Waals surface area (Å²) in [6.07, 6.45) is 17.8. The lowest BCUT2D eigenvalue weighted by molar-refractivity contribution is -0.689. The number of nitrogens with zero attached hydrogens (tertiary/aromatic N) is 4. The second-order valence-corrected chi connectivity index (χ2v) is 15.2. The molecule has 0 unspecified atom stereocenters. The fraction of sp³-hybridized carbons (Fsp3) is 0.120. The molecule has 0 saturated heterocycles. The third-order valence-electron chi connectivity index (χ3n) is 12.0. The molecule has 4 heteroatoms. The summed E-state index contributed by atoms with van der Waals surface area (Å²) in [4.78, 5) is 0. The maximum atomic E-state index is 2.41. The lowest BCUT2D eigenvalue weighted by atomic mass is 9.59. The van der Waals surface area contributed by atoms with Crippen LogP contribution in [-0.4, -0.2) is 0 Å². The molecule has 4 nitrogen and oxygen atoms in total. The van der Waals surface area contributed by atoms with Gasteiger partial charge in [0.2, 0.25) is 0 Å². The molecular weight excluding hydrogens is 657 g/mol.